The Morgan fingerprint density at radius 3 is 2.55 bits per heavy atom. The van der Waals surface area contributed by atoms with Crippen LogP contribution in [0.1, 0.15) is 11.6 Å². The number of piperazine rings is 1. The fraction of sp³-hybridized carbons (Fsp3) is 0.429. The Morgan fingerprint density at radius 2 is 2.00 bits per heavy atom. The number of hydrogen-bond acceptors (Lipinski definition) is 3. The molecule has 0 saturated carbocycles. The minimum atomic E-state index is -0.288. The van der Waals surface area contributed by atoms with Crippen molar-refractivity contribution in [1.29, 1.82) is 0 Å². The highest BCUT2D eigenvalue weighted by Crippen LogP contribution is 2.29. The third kappa shape index (κ3) is 4.09. The van der Waals surface area contributed by atoms with Crippen LogP contribution in [0.3, 0.4) is 0 Å². The number of hydrogen-bond donors (Lipinski definition) is 1. The lowest BCUT2D eigenvalue weighted by molar-refractivity contribution is 0.199. The summed E-state index contributed by atoms with van der Waals surface area (Å²) in [5.74, 6) is -0.00193. The van der Waals surface area contributed by atoms with Gasteiger partial charge in [-0.1, -0.05) is 18.2 Å². The number of ether oxygens (including phenoxy) is 1. The van der Waals surface area contributed by atoms with Crippen molar-refractivity contribution >= 4 is 24.8 Å². The summed E-state index contributed by atoms with van der Waals surface area (Å²) in [7, 11) is 1.48. The van der Waals surface area contributed by atoms with Crippen molar-refractivity contribution in [2.75, 3.05) is 33.3 Å². The Morgan fingerprint density at radius 1 is 1.35 bits per heavy atom. The second-order valence-electron chi connectivity index (χ2n) is 4.33. The van der Waals surface area contributed by atoms with Gasteiger partial charge in [0, 0.05) is 31.7 Å². The minimum Gasteiger partial charge on any atom is -0.494 e. The zero-order valence-corrected chi connectivity index (χ0v) is 13.1. The van der Waals surface area contributed by atoms with Gasteiger partial charge in [-0.25, -0.2) is 4.39 Å². The van der Waals surface area contributed by atoms with Gasteiger partial charge in [-0.05, 0) is 6.07 Å². The molecule has 20 heavy (non-hydrogen) atoms. The molecule has 0 aromatic heterocycles. The first-order valence-corrected chi connectivity index (χ1v) is 6.17. The summed E-state index contributed by atoms with van der Waals surface area (Å²) in [4.78, 5) is 2.22. The Bertz CT molecular complexity index is 426. The molecule has 6 heteroatoms. The average molecular weight is 323 g/mol. The van der Waals surface area contributed by atoms with E-state index in [0.29, 0.717) is 5.56 Å². The number of benzene rings is 1. The maximum atomic E-state index is 14.2. The molecule has 1 N–H and O–H groups in total. The highest BCUT2D eigenvalue weighted by atomic mass is 35.5. The SMILES string of the molecule is C=C[C@H](c1cccc(OC)c1F)N1CCNCC1.Cl.Cl. The predicted octanol–water partition coefficient (Wildman–Crippen LogP) is 2.81. The van der Waals surface area contributed by atoms with Gasteiger partial charge < -0.3 is 10.1 Å². The quantitative estimate of drug-likeness (QED) is 0.863. The third-order valence-corrected chi connectivity index (χ3v) is 3.30. The van der Waals surface area contributed by atoms with Crippen LogP contribution in [0.5, 0.6) is 5.75 Å². The molecule has 1 aromatic carbocycles. The third-order valence-electron chi connectivity index (χ3n) is 3.30. The van der Waals surface area contributed by atoms with E-state index in [9.17, 15) is 4.39 Å². The molecule has 0 aliphatic carbocycles. The number of halogens is 3. The maximum absolute atomic E-state index is 14.2. The van der Waals surface area contributed by atoms with E-state index in [-0.39, 0.29) is 42.4 Å². The number of nitrogens with one attached hydrogen (secondary N) is 1. The van der Waals surface area contributed by atoms with Gasteiger partial charge in [0.2, 0.25) is 0 Å². The Balaban J connectivity index is 0.00000180. The van der Waals surface area contributed by atoms with Crippen LogP contribution >= 0.6 is 24.8 Å². The second-order valence-corrected chi connectivity index (χ2v) is 4.33. The summed E-state index contributed by atoms with van der Waals surface area (Å²) < 4.78 is 19.3. The van der Waals surface area contributed by atoms with Crippen molar-refractivity contribution in [2.45, 2.75) is 6.04 Å². The van der Waals surface area contributed by atoms with Crippen molar-refractivity contribution in [1.82, 2.24) is 10.2 Å². The van der Waals surface area contributed by atoms with Crippen LogP contribution in [-0.2, 0) is 0 Å². The molecule has 0 radical (unpaired) electrons. The van der Waals surface area contributed by atoms with E-state index in [1.165, 1.54) is 7.11 Å². The van der Waals surface area contributed by atoms with Gasteiger partial charge in [-0.2, -0.15) is 0 Å². The van der Waals surface area contributed by atoms with Gasteiger partial charge in [-0.15, -0.1) is 31.4 Å². The summed E-state index contributed by atoms with van der Waals surface area (Å²) in [5.41, 5.74) is 0.631. The van der Waals surface area contributed by atoms with Crippen LogP contribution in [-0.4, -0.2) is 38.2 Å². The fourth-order valence-electron chi connectivity index (χ4n) is 2.35. The summed E-state index contributed by atoms with van der Waals surface area (Å²) in [6, 6.07) is 5.15. The Labute approximate surface area is 132 Å². The fourth-order valence-corrected chi connectivity index (χ4v) is 2.35. The highest BCUT2D eigenvalue weighted by Gasteiger charge is 2.23. The first-order valence-electron chi connectivity index (χ1n) is 6.17. The normalized spacial score (nSPS) is 16.5. The molecular weight excluding hydrogens is 302 g/mol. The van der Waals surface area contributed by atoms with Gasteiger partial charge in [-0.3, -0.25) is 4.90 Å². The van der Waals surface area contributed by atoms with Crippen LogP contribution in [0, 0.1) is 5.82 Å². The van der Waals surface area contributed by atoms with Crippen molar-refractivity contribution in [3.8, 4) is 5.75 Å². The van der Waals surface area contributed by atoms with Crippen molar-refractivity contribution in [3.63, 3.8) is 0 Å². The van der Waals surface area contributed by atoms with Crippen molar-refractivity contribution < 1.29 is 9.13 Å². The molecule has 1 aliphatic heterocycles. The van der Waals surface area contributed by atoms with Crippen LogP contribution in [0.4, 0.5) is 4.39 Å². The molecular formula is C14H21Cl2FN2O. The lowest BCUT2D eigenvalue weighted by atomic mass is 10.0. The van der Waals surface area contributed by atoms with E-state index in [2.05, 4.69) is 16.8 Å². The minimum absolute atomic E-state index is 0. The lowest BCUT2D eigenvalue weighted by Crippen LogP contribution is -2.44. The van der Waals surface area contributed by atoms with E-state index in [4.69, 9.17) is 4.74 Å². The van der Waals surface area contributed by atoms with Crippen LogP contribution in [0.25, 0.3) is 0 Å². The molecule has 0 bridgehead atoms. The molecule has 0 unspecified atom stereocenters. The molecule has 114 valence electrons. The van der Waals surface area contributed by atoms with Crippen molar-refractivity contribution in [3.05, 3.63) is 42.2 Å². The zero-order chi connectivity index (χ0) is 13.0. The van der Waals surface area contributed by atoms with Crippen LogP contribution in [0.15, 0.2) is 30.9 Å². The number of rotatable bonds is 4. The Hall–Kier alpha value is -0.810. The van der Waals surface area contributed by atoms with Crippen LogP contribution < -0.4 is 10.1 Å². The molecule has 1 aromatic rings. The number of methoxy groups -OCH3 is 1. The summed E-state index contributed by atoms with van der Waals surface area (Å²) in [6.07, 6.45) is 1.79. The Kier molecular flexibility index (Phi) is 8.81. The average Bonchev–Trinajstić information content (AvgIpc) is 2.43. The van der Waals surface area contributed by atoms with E-state index in [1.54, 1.807) is 18.2 Å². The van der Waals surface area contributed by atoms with E-state index >= 15 is 0 Å². The monoisotopic (exact) mass is 322 g/mol. The van der Waals surface area contributed by atoms with E-state index in [0.717, 1.165) is 26.2 Å². The topological polar surface area (TPSA) is 24.5 Å². The van der Waals surface area contributed by atoms with E-state index in [1.807, 2.05) is 6.07 Å². The molecule has 1 aliphatic rings. The predicted molar refractivity (Wildman–Crippen MR) is 84.8 cm³/mol. The van der Waals surface area contributed by atoms with Gasteiger partial charge in [0.1, 0.15) is 0 Å². The molecule has 0 spiro atoms. The first kappa shape index (κ1) is 19.2. The molecule has 1 atom stereocenters. The van der Waals surface area contributed by atoms with Crippen LogP contribution in [0.2, 0.25) is 0 Å². The lowest BCUT2D eigenvalue weighted by Gasteiger charge is -2.33. The first-order chi connectivity index (χ1) is 8.77. The summed E-state index contributed by atoms with van der Waals surface area (Å²) in [6.45, 7) is 7.49. The molecule has 1 saturated heterocycles. The standard InChI is InChI=1S/C14H19FN2O.2ClH/c1-3-12(17-9-7-16-8-10-17)11-5-4-6-13(18-2)14(11)15;;/h3-6,12,16H,1,7-10H2,2H3;2*1H/t12-;;/m1../s1. The van der Waals surface area contributed by atoms with Gasteiger partial charge in [0.05, 0.1) is 13.2 Å². The number of nitrogens with zero attached hydrogens (tertiary/aromatic N) is 1. The zero-order valence-electron chi connectivity index (χ0n) is 11.5. The van der Waals surface area contributed by atoms with E-state index < -0.39 is 0 Å². The molecule has 1 heterocycles. The van der Waals surface area contributed by atoms with Gasteiger partial charge in [0.15, 0.2) is 11.6 Å². The smallest absolute Gasteiger partial charge is 0.170 e. The molecule has 0 amide bonds. The largest absolute Gasteiger partial charge is 0.494 e. The summed E-state index contributed by atoms with van der Waals surface area (Å²) in [5, 5.41) is 3.29. The van der Waals surface area contributed by atoms with Gasteiger partial charge in [0.25, 0.3) is 0 Å². The van der Waals surface area contributed by atoms with Crippen molar-refractivity contribution in [2.24, 2.45) is 0 Å². The second kappa shape index (κ2) is 9.19. The maximum Gasteiger partial charge on any atom is 0.170 e. The highest BCUT2D eigenvalue weighted by molar-refractivity contribution is 5.85. The van der Waals surface area contributed by atoms with Gasteiger partial charge >= 0.3 is 0 Å². The molecule has 2 rings (SSSR count). The molecule has 1 fully saturated rings. The summed E-state index contributed by atoms with van der Waals surface area (Å²) >= 11 is 0. The molecule has 3 nitrogen and oxygen atoms in total.